The molecule has 0 spiro atoms. The molecule has 1 aliphatic rings. The Kier molecular flexibility index (Phi) is 2.92. The summed E-state index contributed by atoms with van der Waals surface area (Å²) in [6, 6.07) is 0. The summed E-state index contributed by atoms with van der Waals surface area (Å²) in [5.74, 6) is 5.57. The maximum Gasteiger partial charge on any atom is 0.122 e. The van der Waals surface area contributed by atoms with Gasteiger partial charge in [-0.05, 0) is 18.9 Å². The van der Waals surface area contributed by atoms with Crippen LogP contribution in [-0.4, -0.2) is 23.8 Å². The Labute approximate surface area is 66.5 Å². The Morgan fingerprint density at radius 3 is 2.64 bits per heavy atom. The Morgan fingerprint density at radius 2 is 2.09 bits per heavy atom. The number of likely N-dealkylation sites (tertiary alicyclic amines) is 1. The summed E-state index contributed by atoms with van der Waals surface area (Å²) in [5.41, 5.74) is 2.37. The van der Waals surface area contributed by atoms with Crippen molar-refractivity contribution < 1.29 is 0 Å². The van der Waals surface area contributed by atoms with Crippen LogP contribution in [0, 0.1) is 5.41 Å². The van der Waals surface area contributed by atoms with E-state index in [2.05, 4.69) is 5.43 Å². The maximum atomic E-state index is 7.53. The van der Waals surface area contributed by atoms with Gasteiger partial charge in [-0.2, -0.15) is 0 Å². The molecular weight excluding hydrogens is 140 g/mol. The third-order valence-electron chi connectivity index (χ3n) is 1.78. The lowest BCUT2D eigenvalue weighted by molar-refractivity contribution is 0.519. The monoisotopic (exact) mass is 154 g/mol. The standard InChI is InChI=1S/C7H14N4/c8-7(3-4-10-9)11-5-1-2-6-11/h3-4,8,10H,1-2,5-6,9H2/b4-3-,8-7?. The van der Waals surface area contributed by atoms with Gasteiger partial charge in [0.05, 0.1) is 0 Å². The summed E-state index contributed by atoms with van der Waals surface area (Å²) in [4.78, 5) is 2.04. The van der Waals surface area contributed by atoms with Crippen LogP contribution in [0.15, 0.2) is 12.3 Å². The van der Waals surface area contributed by atoms with Crippen LogP contribution in [0.1, 0.15) is 12.8 Å². The summed E-state index contributed by atoms with van der Waals surface area (Å²) in [6.45, 7) is 2.02. The molecular formula is C7H14N4. The molecule has 1 fully saturated rings. The summed E-state index contributed by atoms with van der Waals surface area (Å²) in [7, 11) is 0. The summed E-state index contributed by atoms with van der Waals surface area (Å²) >= 11 is 0. The molecule has 4 N–H and O–H groups in total. The summed E-state index contributed by atoms with van der Waals surface area (Å²) < 4.78 is 0. The van der Waals surface area contributed by atoms with Crippen molar-refractivity contribution in [2.45, 2.75) is 12.8 Å². The molecule has 0 saturated carbocycles. The second-order valence-electron chi connectivity index (χ2n) is 2.58. The normalized spacial score (nSPS) is 17.7. The molecule has 0 aromatic rings. The van der Waals surface area contributed by atoms with E-state index in [0.717, 1.165) is 13.1 Å². The van der Waals surface area contributed by atoms with Crippen molar-refractivity contribution in [3.63, 3.8) is 0 Å². The molecule has 0 radical (unpaired) electrons. The van der Waals surface area contributed by atoms with Crippen LogP contribution in [-0.2, 0) is 0 Å². The van der Waals surface area contributed by atoms with Gasteiger partial charge in [-0.15, -0.1) is 0 Å². The SMILES string of the molecule is N=C(/C=C\NN)N1CCCC1. The third-order valence-corrected chi connectivity index (χ3v) is 1.78. The number of amidine groups is 1. The zero-order valence-electron chi connectivity index (χ0n) is 6.51. The zero-order chi connectivity index (χ0) is 8.10. The summed E-state index contributed by atoms with van der Waals surface area (Å²) in [5, 5.41) is 7.53. The highest BCUT2D eigenvalue weighted by atomic mass is 15.2. The van der Waals surface area contributed by atoms with Crippen molar-refractivity contribution in [1.82, 2.24) is 10.3 Å². The average molecular weight is 154 g/mol. The second kappa shape index (κ2) is 3.98. The molecule has 0 atom stereocenters. The molecule has 4 nitrogen and oxygen atoms in total. The highest BCUT2D eigenvalue weighted by molar-refractivity contribution is 5.90. The molecule has 1 aliphatic heterocycles. The molecule has 0 amide bonds. The van der Waals surface area contributed by atoms with Gasteiger partial charge in [0.2, 0.25) is 0 Å². The molecule has 1 heterocycles. The smallest absolute Gasteiger partial charge is 0.122 e. The van der Waals surface area contributed by atoms with E-state index in [-0.39, 0.29) is 0 Å². The van der Waals surface area contributed by atoms with E-state index in [9.17, 15) is 0 Å². The van der Waals surface area contributed by atoms with Crippen molar-refractivity contribution in [1.29, 1.82) is 5.41 Å². The van der Waals surface area contributed by atoms with Crippen LogP contribution in [0.4, 0.5) is 0 Å². The Balaban J connectivity index is 2.34. The van der Waals surface area contributed by atoms with Crippen LogP contribution < -0.4 is 11.3 Å². The van der Waals surface area contributed by atoms with Crippen molar-refractivity contribution in [3.05, 3.63) is 12.3 Å². The maximum absolute atomic E-state index is 7.53. The predicted octanol–water partition coefficient (Wildman–Crippen LogP) is 0.0365. The molecule has 4 heteroatoms. The number of nitrogens with two attached hydrogens (primary N) is 1. The Morgan fingerprint density at radius 1 is 1.45 bits per heavy atom. The summed E-state index contributed by atoms with van der Waals surface area (Å²) in [6.07, 6.45) is 5.64. The minimum atomic E-state index is 0.542. The lowest BCUT2D eigenvalue weighted by Gasteiger charge is -2.14. The van der Waals surface area contributed by atoms with E-state index in [1.165, 1.54) is 12.8 Å². The van der Waals surface area contributed by atoms with Crippen LogP contribution in [0.5, 0.6) is 0 Å². The van der Waals surface area contributed by atoms with E-state index in [1.807, 2.05) is 4.90 Å². The minimum Gasteiger partial charge on any atom is -0.357 e. The van der Waals surface area contributed by atoms with Crippen LogP contribution in [0.2, 0.25) is 0 Å². The molecule has 1 saturated heterocycles. The fourth-order valence-corrected chi connectivity index (χ4v) is 1.19. The quantitative estimate of drug-likeness (QED) is 0.228. The molecule has 62 valence electrons. The first-order valence-corrected chi connectivity index (χ1v) is 3.81. The lowest BCUT2D eigenvalue weighted by Crippen LogP contribution is -2.26. The van der Waals surface area contributed by atoms with Crippen LogP contribution in [0.25, 0.3) is 0 Å². The van der Waals surface area contributed by atoms with E-state index in [0.29, 0.717) is 5.84 Å². The van der Waals surface area contributed by atoms with Crippen molar-refractivity contribution in [2.75, 3.05) is 13.1 Å². The van der Waals surface area contributed by atoms with Gasteiger partial charge in [-0.25, -0.2) is 0 Å². The zero-order valence-corrected chi connectivity index (χ0v) is 6.51. The highest BCUT2D eigenvalue weighted by Gasteiger charge is 2.11. The number of nitrogens with one attached hydrogen (secondary N) is 2. The first-order valence-electron chi connectivity index (χ1n) is 3.81. The lowest BCUT2D eigenvalue weighted by atomic mass is 10.4. The van der Waals surface area contributed by atoms with E-state index in [4.69, 9.17) is 11.3 Å². The predicted molar refractivity (Wildman–Crippen MR) is 45.0 cm³/mol. The first kappa shape index (κ1) is 8.07. The first-order chi connectivity index (χ1) is 5.34. The number of hydrogen-bond donors (Lipinski definition) is 3. The van der Waals surface area contributed by atoms with Crippen LogP contribution >= 0.6 is 0 Å². The van der Waals surface area contributed by atoms with Gasteiger partial charge in [0.1, 0.15) is 5.84 Å². The van der Waals surface area contributed by atoms with E-state index >= 15 is 0 Å². The van der Waals surface area contributed by atoms with Crippen molar-refractivity contribution in [3.8, 4) is 0 Å². The number of hydrazine groups is 1. The van der Waals surface area contributed by atoms with Gasteiger partial charge >= 0.3 is 0 Å². The Bertz CT molecular complexity index is 158. The molecule has 0 aromatic carbocycles. The number of nitrogens with zero attached hydrogens (tertiary/aromatic N) is 1. The average Bonchev–Trinajstić information content (AvgIpc) is 2.52. The molecule has 0 bridgehead atoms. The largest absolute Gasteiger partial charge is 0.357 e. The van der Waals surface area contributed by atoms with Gasteiger partial charge in [0.15, 0.2) is 0 Å². The second-order valence-corrected chi connectivity index (χ2v) is 2.58. The minimum absolute atomic E-state index is 0.542. The molecule has 11 heavy (non-hydrogen) atoms. The third kappa shape index (κ3) is 2.23. The van der Waals surface area contributed by atoms with E-state index < -0.39 is 0 Å². The van der Waals surface area contributed by atoms with Gasteiger partial charge in [-0.1, -0.05) is 0 Å². The Hall–Kier alpha value is -1.03. The highest BCUT2D eigenvalue weighted by Crippen LogP contribution is 2.07. The van der Waals surface area contributed by atoms with Crippen LogP contribution in [0.3, 0.4) is 0 Å². The van der Waals surface area contributed by atoms with Gasteiger partial charge in [0.25, 0.3) is 0 Å². The van der Waals surface area contributed by atoms with Gasteiger partial charge in [-0.3, -0.25) is 11.3 Å². The molecule has 0 aliphatic carbocycles. The topological polar surface area (TPSA) is 65.1 Å². The molecule has 1 rings (SSSR count). The fourth-order valence-electron chi connectivity index (χ4n) is 1.19. The van der Waals surface area contributed by atoms with Gasteiger partial charge < -0.3 is 10.3 Å². The molecule has 0 aromatic heterocycles. The number of hydrogen-bond acceptors (Lipinski definition) is 3. The van der Waals surface area contributed by atoms with Gasteiger partial charge in [0, 0.05) is 19.3 Å². The molecule has 0 unspecified atom stereocenters. The van der Waals surface area contributed by atoms with Crippen molar-refractivity contribution in [2.24, 2.45) is 5.84 Å². The number of rotatable bonds is 2. The fraction of sp³-hybridized carbons (Fsp3) is 0.571. The van der Waals surface area contributed by atoms with E-state index in [1.54, 1.807) is 12.3 Å². The van der Waals surface area contributed by atoms with Crippen molar-refractivity contribution >= 4 is 5.84 Å².